The number of hydrogen-bond donors (Lipinski definition) is 2. The van der Waals surface area contributed by atoms with Gasteiger partial charge in [-0.3, -0.25) is 4.79 Å². The molecule has 0 heterocycles. The molecule has 0 radical (unpaired) electrons. The number of aryl methyl sites for hydroxylation is 2. The number of amides is 1. The summed E-state index contributed by atoms with van der Waals surface area (Å²) in [7, 11) is -3.46. The second-order valence-corrected chi connectivity index (χ2v) is 6.98. The number of guanidine groups is 1. The predicted molar refractivity (Wildman–Crippen MR) is 87.6 cm³/mol. The number of hydrogen-bond acceptors (Lipinski definition) is 3. The zero-order chi connectivity index (χ0) is 16.9. The number of nitrogens with zero attached hydrogens (tertiary/aromatic N) is 1. The molecule has 4 N–H and O–H groups in total. The third kappa shape index (κ3) is 4.70. The third-order valence-electron chi connectivity index (χ3n) is 3.08. The van der Waals surface area contributed by atoms with Gasteiger partial charge in [-0.15, -0.1) is 0 Å². The van der Waals surface area contributed by atoms with E-state index in [0.717, 1.165) is 12.7 Å². The number of allylic oxidation sites excluding steroid dienone is 2. The minimum atomic E-state index is -3.46. The van der Waals surface area contributed by atoms with E-state index in [2.05, 4.69) is 4.99 Å². The summed E-state index contributed by atoms with van der Waals surface area (Å²) in [6.07, 6.45) is 6.28. The van der Waals surface area contributed by atoms with Gasteiger partial charge in [-0.1, -0.05) is 18.2 Å². The van der Waals surface area contributed by atoms with Crippen molar-refractivity contribution in [3.8, 4) is 0 Å². The molecule has 0 spiro atoms. The minimum absolute atomic E-state index is 0.136. The number of carbonyl (C=O) groups is 1. The van der Waals surface area contributed by atoms with Gasteiger partial charge in [0.05, 0.1) is 4.90 Å². The lowest BCUT2D eigenvalue weighted by Gasteiger charge is -2.11. The van der Waals surface area contributed by atoms with Crippen molar-refractivity contribution in [2.24, 2.45) is 16.5 Å². The molecule has 0 unspecified atom stereocenters. The second-order valence-electron chi connectivity index (χ2n) is 5.00. The van der Waals surface area contributed by atoms with Crippen molar-refractivity contribution in [2.75, 3.05) is 6.26 Å². The number of aliphatic imine (C=N–C) groups is 1. The highest BCUT2D eigenvalue weighted by atomic mass is 32.2. The summed E-state index contributed by atoms with van der Waals surface area (Å²) in [6.45, 7) is 3.63. The molecular weight excluding hydrogens is 302 g/mol. The Hall–Kier alpha value is -2.15. The van der Waals surface area contributed by atoms with Crippen molar-refractivity contribution in [2.45, 2.75) is 31.6 Å². The van der Waals surface area contributed by atoms with Crippen molar-refractivity contribution in [1.29, 1.82) is 0 Å². The summed E-state index contributed by atoms with van der Waals surface area (Å²) in [5.41, 5.74) is 11.9. The summed E-state index contributed by atoms with van der Waals surface area (Å²) in [4.78, 5) is 15.6. The summed E-state index contributed by atoms with van der Waals surface area (Å²) in [6, 6.07) is 3.06. The van der Waals surface area contributed by atoms with Crippen LogP contribution < -0.4 is 11.5 Å². The minimum Gasteiger partial charge on any atom is -0.370 e. The molecule has 1 aromatic carbocycles. The van der Waals surface area contributed by atoms with Crippen LogP contribution in [0.3, 0.4) is 0 Å². The predicted octanol–water partition coefficient (Wildman–Crippen LogP) is 1.32. The van der Waals surface area contributed by atoms with Gasteiger partial charge in [0.1, 0.15) is 0 Å². The Morgan fingerprint density at radius 2 is 1.95 bits per heavy atom. The van der Waals surface area contributed by atoms with E-state index in [-0.39, 0.29) is 16.4 Å². The summed E-state index contributed by atoms with van der Waals surface area (Å²) >= 11 is 0. The molecule has 120 valence electrons. The first kappa shape index (κ1) is 17.9. The molecule has 6 nitrogen and oxygen atoms in total. The molecule has 22 heavy (non-hydrogen) atoms. The van der Waals surface area contributed by atoms with E-state index in [4.69, 9.17) is 11.5 Å². The first-order chi connectivity index (χ1) is 10.2. The van der Waals surface area contributed by atoms with E-state index in [1.54, 1.807) is 13.0 Å². The maximum absolute atomic E-state index is 12.0. The zero-order valence-electron chi connectivity index (χ0n) is 13.0. The maximum atomic E-state index is 12.0. The Morgan fingerprint density at radius 3 is 2.45 bits per heavy atom. The molecule has 1 amide bonds. The highest BCUT2D eigenvalue weighted by Crippen LogP contribution is 2.23. The number of benzene rings is 1. The fraction of sp³-hybridized carbons (Fsp3) is 0.333. The summed E-state index contributed by atoms with van der Waals surface area (Å²) < 4.78 is 24.0. The largest absolute Gasteiger partial charge is 0.370 e. The smallest absolute Gasteiger partial charge is 0.280 e. The van der Waals surface area contributed by atoms with Crippen LogP contribution in [0.2, 0.25) is 0 Å². The SMILES string of the molecule is CC=CCCc1cc(C)c(C(=O)N=C(N)N)cc1S(C)(=O)=O. The Labute approximate surface area is 130 Å². The number of nitrogens with two attached hydrogens (primary N) is 2. The lowest BCUT2D eigenvalue weighted by Crippen LogP contribution is -2.24. The Morgan fingerprint density at radius 1 is 1.32 bits per heavy atom. The van der Waals surface area contributed by atoms with Crippen LogP contribution in [0.5, 0.6) is 0 Å². The van der Waals surface area contributed by atoms with Crippen LogP contribution in [0.4, 0.5) is 0 Å². The monoisotopic (exact) mass is 323 g/mol. The molecule has 0 aliphatic carbocycles. The van der Waals surface area contributed by atoms with E-state index in [0.29, 0.717) is 17.5 Å². The average molecular weight is 323 g/mol. The van der Waals surface area contributed by atoms with Crippen LogP contribution in [0.25, 0.3) is 0 Å². The molecule has 0 atom stereocenters. The molecule has 0 saturated carbocycles. The molecule has 1 rings (SSSR count). The van der Waals surface area contributed by atoms with Crippen molar-refractivity contribution >= 4 is 21.7 Å². The van der Waals surface area contributed by atoms with E-state index in [1.807, 2.05) is 19.1 Å². The van der Waals surface area contributed by atoms with Crippen LogP contribution in [0.1, 0.15) is 34.8 Å². The number of carbonyl (C=O) groups excluding carboxylic acids is 1. The summed E-state index contributed by atoms with van der Waals surface area (Å²) in [5, 5.41) is 0. The summed E-state index contributed by atoms with van der Waals surface area (Å²) in [5.74, 6) is -1.01. The molecule has 0 aliphatic rings. The van der Waals surface area contributed by atoms with E-state index in [9.17, 15) is 13.2 Å². The molecule has 7 heteroatoms. The lowest BCUT2D eigenvalue weighted by atomic mass is 10.0. The van der Waals surface area contributed by atoms with Crippen LogP contribution >= 0.6 is 0 Å². The van der Waals surface area contributed by atoms with Gasteiger partial charge in [-0.2, -0.15) is 4.99 Å². The second kappa shape index (κ2) is 7.22. The van der Waals surface area contributed by atoms with Crippen LogP contribution in [0.15, 0.2) is 34.2 Å². The van der Waals surface area contributed by atoms with Crippen LogP contribution in [-0.4, -0.2) is 26.5 Å². The highest BCUT2D eigenvalue weighted by molar-refractivity contribution is 7.90. The van der Waals surface area contributed by atoms with Crippen molar-refractivity contribution in [3.05, 3.63) is 41.0 Å². The van der Waals surface area contributed by atoms with E-state index >= 15 is 0 Å². The van der Waals surface area contributed by atoms with Crippen molar-refractivity contribution in [1.82, 2.24) is 0 Å². The van der Waals surface area contributed by atoms with Gasteiger partial charge in [0.15, 0.2) is 15.8 Å². The van der Waals surface area contributed by atoms with Crippen LogP contribution in [0, 0.1) is 6.92 Å². The first-order valence-electron chi connectivity index (χ1n) is 6.75. The normalized spacial score (nSPS) is 11.6. The van der Waals surface area contributed by atoms with Gasteiger partial charge in [-0.05, 0) is 43.9 Å². The highest BCUT2D eigenvalue weighted by Gasteiger charge is 2.18. The molecule has 1 aromatic rings. The van der Waals surface area contributed by atoms with Gasteiger partial charge < -0.3 is 11.5 Å². The topological polar surface area (TPSA) is 116 Å². The standard InChI is InChI=1S/C15H21N3O3S/c1-4-5-6-7-11-8-10(2)12(14(19)18-15(16)17)9-13(11)22(3,20)21/h4-5,8-9H,6-7H2,1-3H3,(H4,16,17,18,19). The number of sulfone groups is 1. The van der Waals surface area contributed by atoms with Gasteiger partial charge in [0, 0.05) is 11.8 Å². The van der Waals surface area contributed by atoms with E-state index in [1.165, 1.54) is 6.07 Å². The van der Waals surface area contributed by atoms with Crippen molar-refractivity contribution < 1.29 is 13.2 Å². The third-order valence-corrected chi connectivity index (χ3v) is 4.26. The molecular formula is C15H21N3O3S. The lowest BCUT2D eigenvalue weighted by molar-refractivity contribution is 0.100. The molecule has 0 aromatic heterocycles. The Balaban J connectivity index is 3.42. The van der Waals surface area contributed by atoms with Gasteiger partial charge in [0.2, 0.25) is 0 Å². The van der Waals surface area contributed by atoms with Crippen LogP contribution in [-0.2, 0) is 16.3 Å². The molecule has 0 fully saturated rings. The number of rotatable bonds is 5. The molecule has 0 bridgehead atoms. The Bertz CT molecular complexity index is 731. The van der Waals surface area contributed by atoms with E-state index < -0.39 is 15.7 Å². The zero-order valence-corrected chi connectivity index (χ0v) is 13.8. The van der Waals surface area contributed by atoms with Gasteiger partial charge >= 0.3 is 0 Å². The van der Waals surface area contributed by atoms with Crippen molar-refractivity contribution in [3.63, 3.8) is 0 Å². The van der Waals surface area contributed by atoms with Gasteiger partial charge in [0.25, 0.3) is 5.91 Å². The fourth-order valence-electron chi connectivity index (χ4n) is 2.10. The fourth-order valence-corrected chi connectivity index (χ4v) is 3.07. The quantitative estimate of drug-likeness (QED) is 0.481. The Kier molecular flexibility index (Phi) is 5.87. The maximum Gasteiger partial charge on any atom is 0.280 e. The average Bonchev–Trinajstić information content (AvgIpc) is 2.36. The first-order valence-corrected chi connectivity index (χ1v) is 8.64. The van der Waals surface area contributed by atoms with Gasteiger partial charge in [-0.25, -0.2) is 8.42 Å². The molecule has 0 aliphatic heterocycles. The molecule has 0 saturated heterocycles.